The van der Waals surface area contributed by atoms with Gasteiger partial charge in [-0.1, -0.05) is 29.3 Å². The summed E-state index contributed by atoms with van der Waals surface area (Å²) in [7, 11) is 3.28. The molecule has 0 spiro atoms. The molecular weight excluding hydrogens is 527 g/mol. The Bertz CT molecular complexity index is 1470. The van der Waals surface area contributed by atoms with Crippen molar-refractivity contribution in [1.29, 1.82) is 0 Å². The van der Waals surface area contributed by atoms with E-state index in [1.54, 1.807) is 26.5 Å². The van der Waals surface area contributed by atoms with Crippen molar-refractivity contribution in [3.05, 3.63) is 99.6 Å². The zero-order valence-electron chi connectivity index (χ0n) is 20.8. The van der Waals surface area contributed by atoms with Crippen LogP contribution in [0.3, 0.4) is 0 Å². The van der Waals surface area contributed by atoms with Crippen molar-refractivity contribution >= 4 is 46.2 Å². The zero-order valence-corrected chi connectivity index (χ0v) is 23.2. The molecule has 1 saturated heterocycles. The van der Waals surface area contributed by atoms with E-state index in [0.29, 0.717) is 26.7 Å². The lowest BCUT2D eigenvalue weighted by atomic mass is 9.96. The highest BCUT2D eigenvalue weighted by Gasteiger charge is 2.43. The van der Waals surface area contributed by atoms with Crippen molar-refractivity contribution in [2.24, 2.45) is 0 Å². The molecule has 2 aromatic carbocycles. The number of rotatable bonds is 6. The number of aromatic nitrogens is 2. The maximum atomic E-state index is 6.63. The number of thiocarbonyl (C=S) groups is 1. The molecule has 2 atom stereocenters. The predicted molar refractivity (Wildman–Crippen MR) is 153 cm³/mol. The van der Waals surface area contributed by atoms with Gasteiger partial charge in [-0.2, -0.15) is 0 Å². The monoisotopic (exact) mass is 552 g/mol. The molecule has 4 aromatic rings. The van der Waals surface area contributed by atoms with Crippen molar-refractivity contribution in [1.82, 2.24) is 14.9 Å². The van der Waals surface area contributed by atoms with E-state index < -0.39 is 0 Å². The van der Waals surface area contributed by atoms with Gasteiger partial charge in [0.05, 0.1) is 48.4 Å². The SMILES string of the molecule is COc1ccc(N2C(=S)N[C@@H](c3ccccn3)[C@H]2c2cc(C)n(-c3ccc(Cl)cc3Cl)c2C)c(OC)c1. The van der Waals surface area contributed by atoms with Crippen LogP contribution in [0.25, 0.3) is 5.69 Å². The van der Waals surface area contributed by atoms with Crippen molar-refractivity contribution in [3.8, 4) is 17.2 Å². The summed E-state index contributed by atoms with van der Waals surface area (Å²) in [5.41, 5.74) is 5.75. The molecule has 6 nitrogen and oxygen atoms in total. The second-order valence-corrected chi connectivity index (χ2v) is 10.0. The summed E-state index contributed by atoms with van der Waals surface area (Å²) in [6.07, 6.45) is 1.80. The van der Waals surface area contributed by atoms with Gasteiger partial charge in [-0.3, -0.25) is 4.98 Å². The van der Waals surface area contributed by atoms with E-state index in [0.717, 1.165) is 34.0 Å². The van der Waals surface area contributed by atoms with E-state index in [1.807, 2.05) is 48.5 Å². The van der Waals surface area contributed by atoms with Gasteiger partial charge >= 0.3 is 0 Å². The third-order valence-corrected chi connectivity index (χ3v) is 7.54. The molecule has 0 bridgehead atoms. The molecule has 1 fully saturated rings. The molecule has 190 valence electrons. The Morgan fingerprint density at radius 2 is 1.73 bits per heavy atom. The Kier molecular flexibility index (Phi) is 7.03. The number of nitrogens with one attached hydrogen (secondary N) is 1. The number of ether oxygens (including phenoxy) is 2. The summed E-state index contributed by atoms with van der Waals surface area (Å²) >= 11 is 18.7. The van der Waals surface area contributed by atoms with Crippen molar-refractivity contribution in [2.45, 2.75) is 25.9 Å². The highest BCUT2D eigenvalue weighted by Crippen LogP contribution is 2.47. The fourth-order valence-electron chi connectivity index (χ4n) is 5.03. The van der Waals surface area contributed by atoms with E-state index in [-0.39, 0.29) is 12.1 Å². The molecule has 37 heavy (non-hydrogen) atoms. The van der Waals surface area contributed by atoms with Crippen LogP contribution >= 0.6 is 35.4 Å². The molecule has 0 saturated carbocycles. The molecule has 5 rings (SSSR count). The molecule has 1 aliphatic heterocycles. The first-order valence-electron chi connectivity index (χ1n) is 11.7. The Labute approximate surface area is 231 Å². The number of benzene rings is 2. The lowest BCUT2D eigenvalue weighted by molar-refractivity contribution is 0.394. The summed E-state index contributed by atoms with van der Waals surface area (Å²) in [6.45, 7) is 4.16. The summed E-state index contributed by atoms with van der Waals surface area (Å²) < 4.78 is 13.3. The van der Waals surface area contributed by atoms with Gasteiger partial charge < -0.3 is 24.3 Å². The van der Waals surface area contributed by atoms with Crippen molar-refractivity contribution < 1.29 is 9.47 Å². The average Bonchev–Trinajstić information content (AvgIpc) is 3.39. The largest absolute Gasteiger partial charge is 0.497 e. The standard InChI is InChI=1S/C28H26Cl2N4O2S/c1-16-13-20(17(2)33(16)23-10-8-18(29)14-21(23)30)27-26(22-7-5-6-12-31-22)32-28(37)34(27)24-11-9-19(35-3)15-25(24)36-4/h5-15,26-27H,1-4H3,(H,32,37)/t26-,27+/m0/s1. The predicted octanol–water partition coefficient (Wildman–Crippen LogP) is 6.99. The van der Waals surface area contributed by atoms with Crippen LogP contribution in [0.4, 0.5) is 5.69 Å². The smallest absolute Gasteiger partial charge is 0.174 e. The van der Waals surface area contributed by atoms with Crippen LogP contribution in [-0.2, 0) is 0 Å². The summed E-state index contributed by atoms with van der Waals surface area (Å²) in [5.74, 6) is 1.36. The second kappa shape index (κ2) is 10.2. The molecule has 0 radical (unpaired) electrons. The molecular formula is C28H26Cl2N4O2S. The minimum atomic E-state index is -0.212. The number of anilines is 1. The van der Waals surface area contributed by atoms with E-state index >= 15 is 0 Å². The molecule has 0 aliphatic carbocycles. The number of halogens is 2. The van der Waals surface area contributed by atoms with Gasteiger partial charge in [0.1, 0.15) is 11.5 Å². The van der Waals surface area contributed by atoms with Gasteiger partial charge in [0.2, 0.25) is 0 Å². The minimum absolute atomic E-state index is 0.199. The van der Waals surface area contributed by atoms with Crippen LogP contribution in [0, 0.1) is 13.8 Å². The first-order chi connectivity index (χ1) is 17.8. The first kappa shape index (κ1) is 25.4. The Hall–Kier alpha value is -3.26. The van der Waals surface area contributed by atoms with Crippen LogP contribution in [0.5, 0.6) is 11.5 Å². The number of aryl methyl sites for hydroxylation is 1. The van der Waals surface area contributed by atoms with Gasteiger partial charge in [0, 0.05) is 28.7 Å². The van der Waals surface area contributed by atoms with Gasteiger partial charge in [-0.15, -0.1) is 0 Å². The fourth-order valence-corrected chi connectivity index (χ4v) is 5.87. The number of pyridine rings is 1. The zero-order chi connectivity index (χ0) is 26.3. The number of hydrogen-bond donors (Lipinski definition) is 1. The van der Waals surface area contributed by atoms with Crippen LogP contribution < -0.4 is 19.7 Å². The molecule has 1 aliphatic rings. The summed E-state index contributed by atoms with van der Waals surface area (Å²) in [5, 5.41) is 5.27. The third kappa shape index (κ3) is 4.52. The molecule has 1 N–H and O–H groups in total. The van der Waals surface area contributed by atoms with E-state index in [9.17, 15) is 0 Å². The third-order valence-electron chi connectivity index (χ3n) is 6.68. The van der Waals surface area contributed by atoms with Gasteiger partial charge in [-0.05, 0) is 80.2 Å². The topological polar surface area (TPSA) is 51.5 Å². The van der Waals surface area contributed by atoms with Crippen LogP contribution in [0.2, 0.25) is 10.0 Å². The van der Waals surface area contributed by atoms with Crippen molar-refractivity contribution in [3.63, 3.8) is 0 Å². The molecule has 0 unspecified atom stereocenters. The maximum absolute atomic E-state index is 6.63. The highest BCUT2D eigenvalue weighted by molar-refractivity contribution is 7.80. The quantitative estimate of drug-likeness (QED) is 0.260. The highest BCUT2D eigenvalue weighted by atomic mass is 35.5. The maximum Gasteiger partial charge on any atom is 0.174 e. The van der Waals surface area contributed by atoms with E-state index in [1.165, 1.54) is 0 Å². The van der Waals surface area contributed by atoms with Crippen LogP contribution in [0.15, 0.2) is 66.9 Å². The first-order valence-corrected chi connectivity index (χ1v) is 12.9. The normalized spacial score (nSPS) is 17.1. The molecule has 2 aromatic heterocycles. The lowest BCUT2D eigenvalue weighted by Crippen LogP contribution is -2.30. The lowest BCUT2D eigenvalue weighted by Gasteiger charge is -2.29. The molecule has 3 heterocycles. The second-order valence-electron chi connectivity index (χ2n) is 8.79. The van der Waals surface area contributed by atoms with Crippen LogP contribution in [-0.4, -0.2) is 28.9 Å². The number of hydrogen-bond acceptors (Lipinski definition) is 4. The van der Waals surface area contributed by atoms with Gasteiger partial charge in [0.15, 0.2) is 5.11 Å². The number of nitrogens with zero attached hydrogens (tertiary/aromatic N) is 3. The molecule has 9 heteroatoms. The minimum Gasteiger partial charge on any atom is -0.497 e. The Balaban J connectivity index is 1.71. The fraction of sp³-hybridized carbons (Fsp3) is 0.214. The Morgan fingerprint density at radius 3 is 2.41 bits per heavy atom. The summed E-state index contributed by atoms with van der Waals surface area (Å²) in [6, 6.07) is 18.9. The summed E-state index contributed by atoms with van der Waals surface area (Å²) in [4.78, 5) is 6.77. The number of methoxy groups -OCH3 is 2. The molecule has 0 amide bonds. The van der Waals surface area contributed by atoms with Crippen LogP contribution in [0.1, 0.15) is 34.7 Å². The van der Waals surface area contributed by atoms with Gasteiger partial charge in [-0.25, -0.2) is 0 Å². The van der Waals surface area contributed by atoms with Crippen molar-refractivity contribution in [2.75, 3.05) is 19.1 Å². The van der Waals surface area contributed by atoms with E-state index in [2.05, 4.69) is 39.7 Å². The average molecular weight is 554 g/mol. The van der Waals surface area contributed by atoms with Gasteiger partial charge in [0.25, 0.3) is 0 Å². The van der Waals surface area contributed by atoms with E-state index in [4.69, 9.17) is 44.9 Å². The Morgan fingerprint density at radius 1 is 0.946 bits per heavy atom.